The van der Waals surface area contributed by atoms with Crippen LogP contribution in [0.5, 0.6) is 0 Å². The Labute approximate surface area is 99.3 Å². The highest BCUT2D eigenvalue weighted by atomic mass is 16.3. The first-order chi connectivity index (χ1) is 8.29. The lowest BCUT2D eigenvalue weighted by Crippen LogP contribution is -2.15. The van der Waals surface area contributed by atoms with Gasteiger partial charge in [-0.2, -0.15) is 0 Å². The number of aromatic nitrogens is 2. The zero-order chi connectivity index (χ0) is 12.1. The summed E-state index contributed by atoms with van der Waals surface area (Å²) in [6.07, 6.45) is 1.39. The Morgan fingerprint density at radius 3 is 2.65 bits per heavy atom. The molecule has 5 nitrogen and oxygen atoms in total. The second kappa shape index (κ2) is 5.27. The van der Waals surface area contributed by atoms with Gasteiger partial charge in [0.15, 0.2) is 0 Å². The summed E-state index contributed by atoms with van der Waals surface area (Å²) in [5.41, 5.74) is 6.55. The fourth-order valence-electron chi connectivity index (χ4n) is 1.55. The minimum Gasteiger partial charge on any atom is -0.394 e. The second-order valence-electron chi connectivity index (χ2n) is 3.62. The maximum Gasteiger partial charge on any atom is 0.132 e. The molecule has 0 aliphatic heterocycles. The van der Waals surface area contributed by atoms with E-state index in [-0.39, 0.29) is 12.6 Å². The first-order valence-corrected chi connectivity index (χ1v) is 5.29. The molecule has 1 atom stereocenters. The standard InChI is InChI=1S/C12H14N4O/c13-11-6-12(15-8-14-11)16-10(7-17)9-4-2-1-3-5-9/h1-6,8,10,17H,7H2,(H3,13,14,15,16). The largest absolute Gasteiger partial charge is 0.394 e. The van der Waals surface area contributed by atoms with Crippen LogP contribution in [0.2, 0.25) is 0 Å². The van der Waals surface area contributed by atoms with Crippen LogP contribution in [-0.2, 0) is 0 Å². The Morgan fingerprint density at radius 1 is 1.24 bits per heavy atom. The molecule has 0 amide bonds. The number of nitrogen functional groups attached to an aromatic ring is 1. The van der Waals surface area contributed by atoms with Gasteiger partial charge in [0, 0.05) is 6.07 Å². The van der Waals surface area contributed by atoms with Crippen molar-refractivity contribution in [3.8, 4) is 0 Å². The van der Waals surface area contributed by atoms with Crippen LogP contribution in [-0.4, -0.2) is 21.7 Å². The first-order valence-electron chi connectivity index (χ1n) is 5.29. The highest BCUT2D eigenvalue weighted by molar-refractivity contribution is 5.45. The molecule has 88 valence electrons. The number of hydrogen-bond acceptors (Lipinski definition) is 5. The Kier molecular flexibility index (Phi) is 3.52. The molecule has 0 radical (unpaired) electrons. The van der Waals surface area contributed by atoms with E-state index in [4.69, 9.17) is 5.73 Å². The van der Waals surface area contributed by atoms with Gasteiger partial charge >= 0.3 is 0 Å². The van der Waals surface area contributed by atoms with Gasteiger partial charge in [0.25, 0.3) is 0 Å². The summed E-state index contributed by atoms with van der Waals surface area (Å²) in [6, 6.07) is 11.1. The third-order valence-electron chi connectivity index (χ3n) is 2.39. The Balaban J connectivity index is 2.16. The Hall–Kier alpha value is -2.14. The molecule has 5 heteroatoms. The van der Waals surface area contributed by atoms with Crippen molar-refractivity contribution in [1.29, 1.82) is 0 Å². The van der Waals surface area contributed by atoms with Crippen molar-refractivity contribution in [3.63, 3.8) is 0 Å². The number of benzene rings is 1. The van der Waals surface area contributed by atoms with Gasteiger partial charge in [-0.25, -0.2) is 9.97 Å². The molecule has 0 fully saturated rings. The lowest BCUT2D eigenvalue weighted by Gasteiger charge is -2.17. The molecule has 1 heterocycles. The summed E-state index contributed by atoms with van der Waals surface area (Å²) in [6.45, 7) is -0.0199. The van der Waals surface area contributed by atoms with E-state index in [2.05, 4.69) is 15.3 Å². The number of aliphatic hydroxyl groups is 1. The summed E-state index contributed by atoms with van der Waals surface area (Å²) in [4.78, 5) is 7.85. The normalized spacial score (nSPS) is 12.1. The van der Waals surface area contributed by atoms with Crippen LogP contribution in [0.25, 0.3) is 0 Å². The van der Waals surface area contributed by atoms with Gasteiger partial charge in [-0.15, -0.1) is 0 Å². The Morgan fingerprint density at radius 2 is 2.00 bits per heavy atom. The molecule has 17 heavy (non-hydrogen) atoms. The first kappa shape index (κ1) is 11.3. The van der Waals surface area contributed by atoms with Crippen molar-refractivity contribution in [2.75, 3.05) is 17.7 Å². The van der Waals surface area contributed by atoms with Gasteiger partial charge < -0.3 is 16.2 Å². The van der Waals surface area contributed by atoms with Gasteiger partial charge in [-0.1, -0.05) is 30.3 Å². The molecular formula is C12H14N4O. The molecular weight excluding hydrogens is 216 g/mol. The molecule has 1 unspecified atom stereocenters. The van der Waals surface area contributed by atoms with Gasteiger partial charge in [0.2, 0.25) is 0 Å². The second-order valence-corrected chi connectivity index (χ2v) is 3.62. The van der Waals surface area contributed by atoms with Gasteiger partial charge in [0.1, 0.15) is 18.0 Å². The van der Waals surface area contributed by atoms with Gasteiger partial charge in [-0.05, 0) is 5.56 Å². The van der Waals surface area contributed by atoms with Crippen LogP contribution >= 0.6 is 0 Å². The number of aliphatic hydroxyl groups excluding tert-OH is 1. The average molecular weight is 230 g/mol. The van der Waals surface area contributed by atoms with Crippen molar-refractivity contribution in [3.05, 3.63) is 48.3 Å². The SMILES string of the molecule is Nc1cc(NC(CO)c2ccccc2)ncn1. The number of nitrogens with one attached hydrogen (secondary N) is 1. The average Bonchev–Trinajstić information content (AvgIpc) is 2.37. The lowest BCUT2D eigenvalue weighted by atomic mass is 10.1. The van der Waals surface area contributed by atoms with E-state index in [0.717, 1.165) is 5.56 Å². The third kappa shape index (κ3) is 2.92. The van der Waals surface area contributed by atoms with E-state index in [1.54, 1.807) is 6.07 Å². The Bertz CT molecular complexity index is 475. The van der Waals surface area contributed by atoms with E-state index in [1.165, 1.54) is 6.33 Å². The van der Waals surface area contributed by atoms with E-state index in [9.17, 15) is 5.11 Å². The molecule has 2 rings (SSSR count). The summed E-state index contributed by atoms with van der Waals surface area (Å²) >= 11 is 0. The van der Waals surface area contributed by atoms with Crippen molar-refractivity contribution >= 4 is 11.6 Å². The van der Waals surface area contributed by atoms with Crippen LogP contribution in [0.1, 0.15) is 11.6 Å². The van der Waals surface area contributed by atoms with Crippen LogP contribution in [0.3, 0.4) is 0 Å². The van der Waals surface area contributed by atoms with E-state index in [1.807, 2.05) is 30.3 Å². The quantitative estimate of drug-likeness (QED) is 0.735. The summed E-state index contributed by atoms with van der Waals surface area (Å²) in [5.74, 6) is 0.993. The predicted molar refractivity (Wildman–Crippen MR) is 66.3 cm³/mol. The molecule has 4 N–H and O–H groups in total. The zero-order valence-corrected chi connectivity index (χ0v) is 9.24. The third-order valence-corrected chi connectivity index (χ3v) is 2.39. The summed E-state index contributed by atoms with van der Waals surface area (Å²) in [7, 11) is 0. The fraction of sp³-hybridized carbons (Fsp3) is 0.167. The highest BCUT2D eigenvalue weighted by Gasteiger charge is 2.10. The zero-order valence-electron chi connectivity index (χ0n) is 9.24. The predicted octanol–water partition coefficient (Wildman–Crippen LogP) is 1.20. The lowest BCUT2D eigenvalue weighted by molar-refractivity contribution is 0.276. The summed E-state index contributed by atoms with van der Waals surface area (Å²) in [5, 5.41) is 12.5. The minimum atomic E-state index is -0.203. The van der Waals surface area contributed by atoms with E-state index >= 15 is 0 Å². The molecule has 2 aromatic rings. The van der Waals surface area contributed by atoms with Gasteiger partial charge in [0.05, 0.1) is 12.6 Å². The topological polar surface area (TPSA) is 84.1 Å². The number of hydrogen-bond donors (Lipinski definition) is 3. The van der Waals surface area contributed by atoms with E-state index < -0.39 is 0 Å². The smallest absolute Gasteiger partial charge is 0.132 e. The maximum absolute atomic E-state index is 9.37. The minimum absolute atomic E-state index is 0.0199. The van der Waals surface area contributed by atoms with Crippen LogP contribution < -0.4 is 11.1 Å². The number of nitrogens with zero attached hydrogens (tertiary/aromatic N) is 2. The number of rotatable bonds is 4. The van der Waals surface area contributed by atoms with Crippen molar-refractivity contribution in [2.45, 2.75) is 6.04 Å². The molecule has 1 aromatic heterocycles. The van der Waals surface area contributed by atoms with Crippen LogP contribution in [0.15, 0.2) is 42.7 Å². The molecule has 1 aromatic carbocycles. The van der Waals surface area contributed by atoms with Gasteiger partial charge in [-0.3, -0.25) is 0 Å². The molecule has 0 saturated carbocycles. The molecule has 0 aliphatic rings. The fourth-order valence-corrected chi connectivity index (χ4v) is 1.55. The van der Waals surface area contributed by atoms with Crippen LogP contribution in [0.4, 0.5) is 11.6 Å². The molecule has 0 aliphatic carbocycles. The van der Waals surface area contributed by atoms with Crippen molar-refractivity contribution in [1.82, 2.24) is 9.97 Å². The number of nitrogens with two attached hydrogens (primary N) is 1. The maximum atomic E-state index is 9.37. The monoisotopic (exact) mass is 230 g/mol. The molecule has 0 saturated heterocycles. The van der Waals surface area contributed by atoms with Crippen molar-refractivity contribution in [2.24, 2.45) is 0 Å². The summed E-state index contributed by atoms with van der Waals surface area (Å²) < 4.78 is 0. The number of anilines is 2. The van der Waals surface area contributed by atoms with Crippen molar-refractivity contribution < 1.29 is 5.11 Å². The van der Waals surface area contributed by atoms with E-state index in [0.29, 0.717) is 11.6 Å². The molecule has 0 spiro atoms. The molecule has 0 bridgehead atoms. The van der Waals surface area contributed by atoms with Crippen LogP contribution in [0, 0.1) is 0 Å². The highest BCUT2D eigenvalue weighted by Crippen LogP contribution is 2.17.